The van der Waals surface area contributed by atoms with Crippen molar-refractivity contribution in [2.24, 2.45) is 11.7 Å². The minimum atomic E-state index is -5.33. The first-order valence-electron chi connectivity index (χ1n) is 22.6. The first-order valence-corrected chi connectivity index (χ1v) is 24.1. The molecule has 0 aliphatic carbocycles. The van der Waals surface area contributed by atoms with Crippen molar-refractivity contribution in [3.8, 4) is 0 Å². The van der Waals surface area contributed by atoms with Crippen LogP contribution in [-0.2, 0) is 63.8 Å². The number of benzene rings is 1. The van der Waals surface area contributed by atoms with Crippen molar-refractivity contribution in [2.75, 3.05) is 13.2 Å². The molecule has 1 aromatic heterocycles. The number of aryl methyl sites for hydroxylation is 3. The lowest BCUT2D eigenvalue weighted by Gasteiger charge is -2.28. The summed E-state index contributed by atoms with van der Waals surface area (Å²) in [6.07, 6.45) is 9.41. The highest BCUT2D eigenvalue weighted by atomic mass is 31.2. The van der Waals surface area contributed by atoms with E-state index in [1.54, 1.807) is 6.20 Å². The van der Waals surface area contributed by atoms with Gasteiger partial charge in [0.15, 0.2) is 0 Å². The number of rotatable bonds is 29. The molecule has 2 aromatic rings. The monoisotopic (exact) mass is 934 g/mol. The van der Waals surface area contributed by atoms with Crippen LogP contribution in [0.15, 0.2) is 42.9 Å². The number of carbonyl (C=O) groups is 6. The lowest BCUT2D eigenvalue weighted by molar-refractivity contribution is -0.697. The van der Waals surface area contributed by atoms with E-state index in [4.69, 9.17) is 10.6 Å². The minimum absolute atomic E-state index is 0.0882. The molecule has 6 amide bonds. The number of phosphoric acid groups is 1. The van der Waals surface area contributed by atoms with E-state index in [9.17, 15) is 48.4 Å². The van der Waals surface area contributed by atoms with E-state index >= 15 is 0 Å². The molecular formula is C44H71N8O12P. The third kappa shape index (κ3) is 19.3. The second-order valence-corrected chi connectivity index (χ2v) is 18.5. The fourth-order valence-electron chi connectivity index (χ4n) is 7.82. The van der Waals surface area contributed by atoms with Gasteiger partial charge in [0.1, 0.15) is 42.1 Å². The van der Waals surface area contributed by atoms with Crippen molar-refractivity contribution in [2.45, 2.75) is 167 Å². The molecule has 0 saturated carbocycles. The molecule has 0 radical (unpaired) electrons. The van der Waals surface area contributed by atoms with Gasteiger partial charge >= 0.3 is 0 Å². The number of primary amides is 1. The number of imidazole rings is 1. The molecule has 1 fully saturated rings. The lowest BCUT2D eigenvalue weighted by atomic mass is 10.0. The molecule has 1 aromatic carbocycles. The van der Waals surface area contributed by atoms with Crippen LogP contribution in [-0.4, -0.2) is 116 Å². The highest BCUT2D eigenvalue weighted by molar-refractivity contribution is 7.44. The van der Waals surface area contributed by atoms with Crippen LogP contribution >= 0.6 is 7.82 Å². The average molecular weight is 935 g/mol. The molecule has 65 heavy (non-hydrogen) atoms. The Balaban J connectivity index is 1.87. The maximum Gasteiger partial charge on any atom is 0.265 e. The number of nitrogens with one attached hydrogen (secondary N) is 4. The van der Waals surface area contributed by atoms with Crippen LogP contribution in [0.25, 0.3) is 0 Å². The standard InChI is InChI=1S/C44H71N8O12P/c1-29(2)24-36(48-44(60)38-19-15-22-52(38)32(5)54)43(59)47-37(42(58)46-30(3)41(57)49-39(40(45)56)31(4)64-65(61,62)63)25-34-26-50(23-20-35(55)27-53)28-51(34)21-14-9-7-6-8-11-16-33-17-12-10-13-18-33/h10,12-13,17-18,26,28-31,35-39,53,55H,6-9,11,14-16,19-25,27H2,1-5H3,(H7-,45,46,47,48,49,56,57,58,59,60,61,62,63)/t30-,31+,35+,36-,37-,38-,39-/m0/s1. The molecule has 2 heterocycles. The van der Waals surface area contributed by atoms with Gasteiger partial charge in [-0.3, -0.25) is 33.3 Å². The highest BCUT2D eigenvalue weighted by Crippen LogP contribution is 2.33. The molecule has 20 nitrogen and oxygen atoms in total. The van der Waals surface area contributed by atoms with E-state index in [2.05, 4.69) is 37.9 Å². The lowest BCUT2D eigenvalue weighted by Crippen LogP contribution is -2.60. The fraction of sp³-hybridized carbons (Fsp3) is 0.659. The van der Waals surface area contributed by atoms with Gasteiger partial charge in [0.05, 0.1) is 31.9 Å². The van der Waals surface area contributed by atoms with Gasteiger partial charge < -0.3 is 56.4 Å². The summed E-state index contributed by atoms with van der Waals surface area (Å²) in [6.45, 7) is 8.33. The van der Waals surface area contributed by atoms with Crippen LogP contribution in [0.1, 0.15) is 110 Å². The number of carbonyl (C=O) groups excluding carboxylic acids is 6. The molecule has 8 atom stereocenters. The summed E-state index contributed by atoms with van der Waals surface area (Å²) in [7, 11) is -5.33. The van der Waals surface area contributed by atoms with Crippen molar-refractivity contribution in [1.82, 2.24) is 30.7 Å². The zero-order valence-electron chi connectivity index (χ0n) is 38.4. The molecule has 1 aliphatic heterocycles. The van der Waals surface area contributed by atoms with Crippen molar-refractivity contribution < 1.29 is 62.4 Å². The Morgan fingerprint density at radius 1 is 0.923 bits per heavy atom. The highest BCUT2D eigenvalue weighted by Gasteiger charge is 2.37. The Kier molecular flexibility index (Phi) is 22.7. The Hall–Kier alpha value is -4.72. The number of aliphatic hydroxyl groups excluding tert-OH is 2. The maximum atomic E-state index is 14.2. The van der Waals surface area contributed by atoms with Gasteiger partial charge in [0.25, 0.3) is 7.82 Å². The van der Waals surface area contributed by atoms with Crippen molar-refractivity contribution in [1.29, 1.82) is 0 Å². The van der Waals surface area contributed by atoms with E-state index in [-0.39, 0.29) is 31.1 Å². The summed E-state index contributed by atoms with van der Waals surface area (Å²) in [5.74, 6) is -4.52. The number of aromatic nitrogens is 2. The number of aliphatic hydroxyl groups is 2. The summed E-state index contributed by atoms with van der Waals surface area (Å²) in [4.78, 5) is 102. The van der Waals surface area contributed by atoms with E-state index in [1.807, 2.05) is 47.5 Å². The van der Waals surface area contributed by atoms with E-state index in [1.165, 1.54) is 24.3 Å². The topological polar surface area (TPSA) is 299 Å². The van der Waals surface area contributed by atoms with Gasteiger partial charge in [-0.2, -0.15) is 0 Å². The number of phosphoric ester groups is 1. The molecular weight excluding hydrogens is 864 g/mol. The van der Waals surface area contributed by atoms with Crippen molar-refractivity contribution in [3.63, 3.8) is 0 Å². The quantitative estimate of drug-likeness (QED) is 0.0304. The predicted octanol–water partition coefficient (Wildman–Crippen LogP) is 0.0119. The van der Waals surface area contributed by atoms with Crippen LogP contribution in [0.2, 0.25) is 0 Å². The van der Waals surface area contributed by atoms with Gasteiger partial charge in [-0.25, -0.2) is 9.13 Å². The smallest absolute Gasteiger partial charge is 0.265 e. The van der Waals surface area contributed by atoms with Crippen LogP contribution in [0.4, 0.5) is 0 Å². The molecule has 1 saturated heterocycles. The Bertz CT molecular complexity index is 1910. The molecule has 9 N–H and O–H groups in total. The van der Waals surface area contributed by atoms with Gasteiger partial charge in [-0.15, -0.1) is 0 Å². The SMILES string of the molecule is CC(=O)N1CCC[C@H]1C(=O)N[C@@H](CC(C)C)C(=O)N[C@@H](Cc1c[n+](CC[C@@H](O)CO)cn1CCCCCCCCc1ccccc1)C(=O)N[C@@H](C)C(=O)N[C@H](C(N)=O)[C@@H](C)OP(=O)([O-])O. The summed E-state index contributed by atoms with van der Waals surface area (Å²) >= 11 is 0. The number of amides is 6. The van der Waals surface area contributed by atoms with Gasteiger partial charge in [0, 0.05) is 26.3 Å². The molecule has 364 valence electrons. The average Bonchev–Trinajstić information content (AvgIpc) is 3.89. The zero-order chi connectivity index (χ0) is 48.3. The zero-order valence-corrected chi connectivity index (χ0v) is 39.3. The first kappa shape index (κ1) is 54.6. The first-order chi connectivity index (χ1) is 30.7. The number of nitrogens with zero attached hydrogens (tertiary/aromatic N) is 3. The second kappa shape index (κ2) is 27.0. The fourth-order valence-corrected chi connectivity index (χ4v) is 8.37. The summed E-state index contributed by atoms with van der Waals surface area (Å²) in [5.41, 5.74) is 7.31. The van der Waals surface area contributed by atoms with Gasteiger partial charge in [0.2, 0.25) is 41.8 Å². The molecule has 0 bridgehead atoms. The van der Waals surface area contributed by atoms with Gasteiger partial charge in [-0.1, -0.05) is 63.4 Å². The van der Waals surface area contributed by atoms with Crippen LogP contribution in [0, 0.1) is 5.92 Å². The number of unbranched alkanes of at least 4 members (excludes halogenated alkanes) is 5. The minimum Gasteiger partial charge on any atom is -0.756 e. The second-order valence-electron chi connectivity index (χ2n) is 17.4. The van der Waals surface area contributed by atoms with Gasteiger partial charge in [-0.05, 0) is 70.3 Å². The van der Waals surface area contributed by atoms with Crippen molar-refractivity contribution >= 4 is 43.3 Å². The predicted molar refractivity (Wildman–Crippen MR) is 237 cm³/mol. The van der Waals surface area contributed by atoms with E-state index in [0.29, 0.717) is 38.2 Å². The Morgan fingerprint density at radius 2 is 1.57 bits per heavy atom. The maximum absolute atomic E-state index is 14.2. The number of hydrogen-bond donors (Lipinski definition) is 8. The van der Waals surface area contributed by atoms with Crippen molar-refractivity contribution in [3.05, 3.63) is 54.1 Å². The van der Waals surface area contributed by atoms with E-state index < -0.39 is 86.4 Å². The number of hydrogen-bond acceptors (Lipinski definition) is 11. The summed E-state index contributed by atoms with van der Waals surface area (Å²) in [5, 5.41) is 29.9. The van der Waals surface area contributed by atoms with Crippen LogP contribution in [0.3, 0.4) is 0 Å². The number of nitrogens with two attached hydrogens (primary N) is 1. The summed E-state index contributed by atoms with van der Waals surface area (Å²) < 4.78 is 19.5. The summed E-state index contributed by atoms with van der Waals surface area (Å²) in [6, 6.07) is 3.99. The molecule has 1 aliphatic rings. The van der Waals surface area contributed by atoms with Crippen LogP contribution < -0.4 is 36.5 Å². The third-order valence-electron chi connectivity index (χ3n) is 11.3. The Labute approximate surface area is 381 Å². The molecule has 0 spiro atoms. The van der Waals surface area contributed by atoms with Crippen LogP contribution in [0.5, 0.6) is 0 Å². The Morgan fingerprint density at radius 3 is 2.18 bits per heavy atom. The largest absolute Gasteiger partial charge is 0.756 e. The molecule has 1 unspecified atom stereocenters. The normalized spacial score (nSPS) is 17.6. The third-order valence-corrected chi connectivity index (χ3v) is 11.9. The number of likely N-dealkylation sites (tertiary alicyclic amines) is 1. The molecule has 3 rings (SSSR count). The van der Waals surface area contributed by atoms with E-state index in [0.717, 1.165) is 51.9 Å². The molecule has 21 heteroatoms.